The first-order valence-corrected chi connectivity index (χ1v) is 5.71. The van der Waals surface area contributed by atoms with E-state index in [9.17, 15) is 4.79 Å². The SMILES string of the molecule is COC(=O)c1ccccc1C#CCC(C)(C)OC. The van der Waals surface area contributed by atoms with Gasteiger partial charge in [-0.1, -0.05) is 24.0 Å². The number of esters is 1. The van der Waals surface area contributed by atoms with Crippen LogP contribution in [0.5, 0.6) is 0 Å². The first-order chi connectivity index (χ1) is 8.50. The molecular formula is C15H18O3. The van der Waals surface area contributed by atoms with E-state index in [2.05, 4.69) is 11.8 Å². The van der Waals surface area contributed by atoms with Crippen molar-refractivity contribution in [2.45, 2.75) is 25.9 Å². The van der Waals surface area contributed by atoms with Crippen molar-refractivity contribution >= 4 is 5.97 Å². The molecule has 1 rings (SSSR count). The summed E-state index contributed by atoms with van der Waals surface area (Å²) in [5.41, 5.74) is 0.881. The van der Waals surface area contributed by atoms with Crippen LogP contribution in [0.2, 0.25) is 0 Å². The Kier molecular flexibility index (Phi) is 4.94. The molecule has 3 nitrogen and oxygen atoms in total. The van der Waals surface area contributed by atoms with E-state index in [1.807, 2.05) is 19.9 Å². The van der Waals surface area contributed by atoms with E-state index in [1.165, 1.54) is 7.11 Å². The zero-order chi connectivity index (χ0) is 13.6. The molecule has 0 saturated carbocycles. The number of methoxy groups -OCH3 is 2. The Balaban J connectivity index is 2.92. The zero-order valence-electron chi connectivity index (χ0n) is 11.2. The van der Waals surface area contributed by atoms with E-state index in [1.54, 1.807) is 25.3 Å². The Bertz CT molecular complexity index is 478. The monoisotopic (exact) mass is 246 g/mol. The molecule has 0 aliphatic heterocycles. The van der Waals surface area contributed by atoms with Crippen LogP contribution in [-0.4, -0.2) is 25.8 Å². The quantitative estimate of drug-likeness (QED) is 0.607. The van der Waals surface area contributed by atoms with Crippen LogP contribution in [-0.2, 0) is 9.47 Å². The largest absolute Gasteiger partial charge is 0.465 e. The summed E-state index contributed by atoms with van der Waals surface area (Å²) in [5, 5.41) is 0. The van der Waals surface area contributed by atoms with Crippen LogP contribution in [0.3, 0.4) is 0 Å². The highest BCUT2D eigenvalue weighted by molar-refractivity contribution is 5.92. The Morgan fingerprint density at radius 2 is 1.94 bits per heavy atom. The highest BCUT2D eigenvalue weighted by Crippen LogP contribution is 2.13. The van der Waals surface area contributed by atoms with Crippen molar-refractivity contribution in [3.63, 3.8) is 0 Å². The van der Waals surface area contributed by atoms with Crippen LogP contribution in [0.15, 0.2) is 24.3 Å². The van der Waals surface area contributed by atoms with E-state index in [-0.39, 0.29) is 11.6 Å². The van der Waals surface area contributed by atoms with Gasteiger partial charge in [-0.05, 0) is 26.0 Å². The van der Waals surface area contributed by atoms with Gasteiger partial charge in [0.1, 0.15) is 0 Å². The smallest absolute Gasteiger partial charge is 0.339 e. The Hall–Kier alpha value is -1.79. The standard InChI is InChI=1S/C15H18O3/c1-15(2,18-4)11-7-9-12-8-5-6-10-13(12)14(16)17-3/h5-6,8,10H,11H2,1-4H3. The maximum absolute atomic E-state index is 11.5. The molecule has 0 amide bonds. The van der Waals surface area contributed by atoms with E-state index in [0.717, 1.165) is 0 Å². The van der Waals surface area contributed by atoms with Gasteiger partial charge in [0.05, 0.1) is 18.3 Å². The maximum atomic E-state index is 11.5. The molecule has 0 radical (unpaired) electrons. The predicted octanol–water partition coefficient (Wildman–Crippen LogP) is 2.64. The van der Waals surface area contributed by atoms with Crippen molar-refractivity contribution in [1.29, 1.82) is 0 Å². The van der Waals surface area contributed by atoms with Gasteiger partial charge < -0.3 is 9.47 Å². The molecule has 0 N–H and O–H groups in total. The van der Waals surface area contributed by atoms with Crippen molar-refractivity contribution in [3.05, 3.63) is 35.4 Å². The molecular weight excluding hydrogens is 228 g/mol. The number of rotatable bonds is 3. The van der Waals surface area contributed by atoms with E-state index in [4.69, 9.17) is 9.47 Å². The van der Waals surface area contributed by atoms with Gasteiger partial charge in [0.15, 0.2) is 0 Å². The summed E-state index contributed by atoms with van der Waals surface area (Å²) in [4.78, 5) is 11.5. The molecule has 1 aromatic carbocycles. The molecule has 0 aromatic heterocycles. The second-order valence-electron chi connectivity index (χ2n) is 4.48. The van der Waals surface area contributed by atoms with Crippen molar-refractivity contribution in [2.24, 2.45) is 0 Å². The number of benzene rings is 1. The van der Waals surface area contributed by atoms with Gasteiger partial charge in [0.2, 0.25) is 0 Å². The van der Waals surface area contributed by atoms with Crippen molar-refractivity contribution in [3.8, 4) is 11.8 Å². The lowest BCUT2D eigenvalue weighted by Gasteiger charge is -2.19. The van der Waals surface area contributed by atoms with E-state index >= 15 is 0 Å². The molecule has 0 bridgehead atoms. The number of hydrogen-bond acceptors (Lipinski definition) is 3. The minimum atomic E-state index is -0.370. The Morgan fingerprint density at radius 3 is 2.56 bits per heavy atom. The normalized spacial score (nSPS) is 10.4. The van der Waals surface area contributed by atoms with Crippen LogP contribution >= 0.6 is 0 Å². The second-order valence-corrected chi connectivity index (χ2v) is 4.48. The molecule has 1 aromatic rings. The molecule has 0 heterocycles. The molecule has 0 atom stereocenters. The molecule has 0 saturated heterocycles. The highest BCUT2D eigenvalue weighted by atomic mass is 16.5. The first-order valence-electron chi connectivity index (χ1n) is 5.71. The third-order valence-corrected chi connectivity index (χ3v) is 2.62. The molecule has 0 aliphatic carbocycles. The summed E-state index contributed by atoms with van der Waals surface area (Å²) in [7, 11) is 3.02. The summed E-state index contributed by atoms with van der Waals surface area (Å²) in [6, 6.07) is 7.14. The van der Waals surface area contributed by atoms with E-state index < -0.39 is 0 Å². The van der Waals surface area contributed by atoms with Gasteiger partial charge in [0, 0.05) is 19.1 Å². The topological polar surface area (TPSA) is 35.5 Å². The number of carbonyl (C=O) groups excluding carboxylic acids is 1. The van der Waals surface area contributed by atoms with Crippen molar-refractivity contribution in [2.75, 3.05) is 14.2 Å². The van der Waals surface area contributed by atoms with Gasteiger partial charge in [-0.2, -0.15) is 0 Å². The zero-order valence-corrected chi connectivity index (χ0v) is 11.2. The predicted molar refractivity (Wildman–Crippen MR) is 70.4 cm³/mol. The summed E-state index contributed by atoms with van der Waals surface area (Å²) in [5.74, 6) is 5.65. The molecule has 0 spiro atoms. The van der Waals surface area contributed by atoms with Gasteiger partial charge >= 0.3 is 5.97 Å². The van der Waals surface area contributed by atoms with Crippen LogP contribution in [0.4, 0.5) is 0 Å². The average Bonchev–Trinajstić information content (AvgIpc) is 2.38. The lowest BCUT2D eigenvalue weighted by Crippen LogP contribution is -2.21. The molecule has 3 heteroatoms. The molecule has 18 heavy (non-hydrogen) atoms. The van der Waals surface area contributed by atoms with Gasteiger partial charge in [0.25, 0.3) is 0 Å². The lowest BCUT2D eigenvalue weighted by atomic mass is 10.0. The van der Waals surface area contributed by atoms with Gasteiger partial charge in [-0.25, -0.2) is 4.79 Å². The summed E-state index contributed by atoms with van der Waals surface area (Å²) >= 11 is 0. The van der Waals surface area contributed by atoms with Crippen LogP contribution < -0.4 is 0 Å². The number of carbonyl (C=O) groups is 1. The third kappa shape index (κ3) is 3.90. The summed E-state index contributed by atoms with van der Waals surface area (Å²) in [6.45, 7) is 3.93. The van der Waals surface area contributed by atoms with E-state index in [0.29, 0.717) is 17.5 Å². The second kappa shape index (κ2) is 6.23. The van der Waals surface area contributed by atoms with Crippen molar-refractivity contribution < 1.29 is 14.3 Å². The summed E-state index contributed by atoms with van der Waals surface area (Å²) in [6.07, 6.45) is 0.596. The number of ether oxygens (including phenoxy) is 2. The highest BCUT2D eigenvalue weighted by Gasteiger charge is 2.14. The fraction of sp³-hybridized carbons (Fsp3) is 0.400. The van der Waals surface area contributed by atoms with Crippen LogP contribution in [0, 0.1) is 11.8 Å². The lowest BCUT2D eigenvalue weighted by molar-refractivity contribution is 0.0273. The number of hydrogen-bond donors (Lipinski definition) is 0. The maximum Gasteiger partial charge on any atom is 0.339 e. The van der Waals surface area contributed by atoms with Crippen LogP contribution in [0.1, 0.15) is 36.2 Å². The fourth-order valence-corrected chi connectivity index (χ4v) is 1.30. The molecule has 96 valence electrons. The van der Waals surface area contributed by atoms with Gasteiger partial charge in [-0.15, -0.1) is 0 Å². The molecule has 0 aliphatic rings. The minimum Gasteiger partial charge on any atom is -0.465 e. The summed E-state index contributed by atoms with van der Waals surface area (Å²) < 4.78 is 9.99. The van der Waals surface area contributed by atoms with Crippen molar-refractivity contribution in [1.82, 2.24) is 0 Å². The first kappa shape index (κ1) is 14.3. The van der Waals surface area contributed by atoms with Gasteiger partial charge in [-0.3, -0.25) is 0 Å². The minimum absolute atomic E-state index is 0.285. The molecule has 0 unspecified atom stereocenters. The Morgan fingerprint density at radius 1 is 1.28 bits per heavy atom. The third-order valence-electron chi connectivity index (χ3n) is 2.62. The van der Waals surface area contributed by atoms with Crippen LogP contribution in [0.25, 0.3) is 0 Å². The molecule has 0 fully saturated rings. The average molecular weight is 246 g/mol. The fourth-order valence-electron chi connectivity index (χ4n) is 1.30. The Labute approximate surface area is 108 Å².